The van der Waals surface area contributed by atoms with E-state index >= 15 is 0 Å². The number of benzene rings is 1. The number of rotatable bonds is 4. The van der Waals surface area contributed by atoms with Crippen molar-refractivity contribution >= 4 is 23.2 Å². The SMILES string of the molecule is CC(Cl)C(C)(C)C(=O)N(O)c1ccccc1CN. The van der Waals surface area contributed by atoms with Crippen LogP contribution in [0.3, 0.4) is 0 Å². The van der Waals surface area contributed by atoms with Gasteiger partial charge in [0.15, 0.2) is 0 Å². The van der Waals surface area contributed by atoms with Crippen molar-refractivity contribution in [1.29, 1.82) is 0 Å². The van der Waals surface area contributed by atoms with Crippen molar-refractivity contribution < 1.29 is 10.0 Å². The van der Waals surface area contributed by atoms with Crippen LogP contribution in [0.4, 0.5) is 5.69 Å². The van der Waals surface area contributed by atoms with Crippen molar-refractivity contribution in [3.63, 3.8) is 0 Å². The maximum atomic E-state index is 12.2. The monoisotopic (exact) mass is 270 g/mol. The number of carbonyl (C=O) groups excluding carboxylic acids is 1. The van der Waals surface area contributed by atoms with Gasteiger partial charge in [0.2, 0.25) is 0 Å². The van der Waals surface area contributed by atoms with E-state index in [1.807, 2.05) is 0 Å². The topological polar surface area (TPSA) is 66.6 Å². The normalized spacial score (nSPS) is 13.2. The lowest BCUT2D eigenvalue weighted by Gasteiger charge is -2.30. The van der Waals surface area contributed by atoms with Gasteiger partial charge in [-0.3, -0.25) is 10.0 Å². The minimum Gasteiger partial charge on any atom is -0.326 e. The summed E-state index contributed by atoms with van der Waals surface area (Å²) in [7, 11) is 0. The van der Waals surface area contributed by atoms with E-state index in [2.05, 4.69) is 0 Å². The number of amides is 1. The lowest BCUT2D eigenvalue weighted by molar-refractivity contribution is -0.131. The summed E-state index contributed by atoms with van der Waals surface area (Å²) in [4.78, 5) is 12.2. The fourth-order valence-electron chi connectivity index (χ4n) is 1.44. The molecule has 1 atom stereocenters. The zero-order chi connectivity index (χ0) is 13.9. The van der Waals surface area contributed by atoms with Crippen molar-refractivity contribution in [2.75, 3.05) is 5.06 Å². The average molecular weight is 271 g/mol. The molecule has 0 spiro atoms. The van der Waals surface area contributed by atoms with Gasteiger partial charge in [-0.05, 0) is 32.4 Å². The molecule has 1 unspecified atom stereocenters. The molecule has 4 nitrogen and oxygen atoms in total. The standard InChI is InChI=1S/C13H19ClN2O2/c1-9(14)13(2,3)12(17)16(18)11-7-5-4-6-10(11)8-15/h4-7,9,18H,8,15H2,1-3H3. The lowest BCUT2D eigenvalue weighted by Crippen LogP contribution is -2.43. The van der Waals surface area contributed by atoms with E-state index in [1.165, 1.54) is 0 Å². The second kappa shape index (κ2) is 5.69. The molecule has 1 rings (SSSR count). The lowest BCUT2D eigenvalue weighted by atomic mass is 9.88. The molecular weight excluding hydrogens is 252 g/mol. The zero-order valence-electron chi connectivity index (χ0n) is 10.9. The third-order valence-corrected chi connectivity index (χ3v) is 3.72. The highest BCUT2D eigenvalue weighted by Crippen LogP contribution is 2.30. The fourth-order valence-corrected chi connectivity index (χ4v) is 1.54. The molecule has 0 saturated heterocycles. The van der Waals surface area contributed by atoms with Crippen LogP contribution in [-0.4, -0.2) is 16.5 Å². The van der Waals surface area contributed by atoms with E-state index in [9.17, 15) is 10.0 Å². The van der Waals surface area contributed by atoms with Crippen LogP contribution in [0.5, 0.6) is 0 Å². The first-order chi connectivity index (χ1) is 8.32. The summed E-state index contributed by atoms with van der Waals surface area (Å²) in [6.45, 7) is 5.36. The van der Waals surface area contributed by atoms with Crippen LogP contribution in [0.2, 0.25) is 0 Å². The minimum absolute atomic E-state index is 0.247. The maximum Gasteiger partial charge on any atom is 0.257 e. The molecule has 0 aliphatic carbocycles. The highest BCUT2D eigenvalue weighted by atomic mass is 35.5. The van der Waals surface area contributed by atoms with E-state index in [1.54, 1.807) is 45.0 Å². The second-order valence-corrected chi connectivity index (χ2v) is 5.44. The van der Waals surface area contributed by atoms with Gasteiger partial charge in [-0.15, -0.1) is 11.6 Å². The van der Waals surface area contributed by atoms with Gasteiger partial charge in [-0.1, -0.05) is 18.2 Å². The summed E-state index contributed by atoms with van der Waals surface area (Å²) < 4.78 is 0. The van der Waals surface area contributed by atoms with Crippen molar-refractivity contribution in [2.45, 2.75) is 32.7 Å². The van der Waals surface area contributed by atoms with Crippen molar-refractivity contribution in [2.24, 2.45) is 11.1 Å². The summed E-state index contributed by atoms with van der Waals surface area (Å²) in [6, 6.07) is 6.96. The summed E-state index contributed by atoms with van der Waals surface area (Å²) in [5.41, 5.74) is 5.82. The van der Waals surface area contributed by atoms with E-state index in [0.717, 1.165) is 0 Å². The number of hydrogen-bond donors (Lipinski definition) is 2. The highest BCUT2D eigenvalue weighted by Gasteiger charge is 2.37. The third kappa shape index (κ3) is 2.83. The molecule has 0 aromatic heterocycles. The number of nitrogens with zero attached hydrogens (tertiary/aromatic N) is 1. The first kappa shape index (κ1) is 15.0. The van der Waals surface area contributed by atoms with Crippen LogP contribution in [-0.2, 0) is 11.3 Å². The van der Waals surface area contributed by atoms with Crippen LogP contribution >= 0.6 is 11.6 Å². The Labute approximate surface area is 112 Å². The second-order valence-electron chi connectivity index (χ2n) is 4.79. The van der Waals surface area contributed by atoms with Crippen LogP contribution < -0.4 is 10.8 Å². The fraction of sp³-hybridized carbons (Fsp3) is 0.462. The minimum atomic E-state index is -0.863. The molecule has 18 heavy (non-hydrogen) atoms. The smallest absolute Gasteiger partial charge is 0.257 e. The number of hydrogen-bond acceptors (Lipinski definition) is 3. The van der Waals surface area contributed by atoms with Crippen LogP contribution in [0, 0.1) is 5.41 Å². The van der Waals surface area contributed by atoms with Crippen molar-refractivity contribution in [3.05, 3.63) is 29.8 Å². The summed E-state index contributed by atoms with van der Waals surface area (Å²) >= 11 is 5.99. The zero-order valence-corrected chi connectivity index (χ0v) is 11.6. The average Bonchev–Trinajstić information content (AvgIpc) is 2.36. The molecule has 0 aliphatic rings. The number of alkyl halides is 1. The van der Waals surface area contributed by atoms with E-state index in [0.29, 0.717) is 16.3 Å². The Kier molecular flexibility index (Phi) is 4.73. The molecule has 1 amide bonds. The number of carbonyl (C=O) groups is 1. The molecule has 100 valence electrons. The third-order valence-electron chi connectivity index (χ3n) is 3.18. The van der Waals surface area contributed by atoms with Crippen LogP contribution in [0.25, 0.3) is 0 Å². The van der Waals surface area contributed by atoms with E-state index in [-0.39, 0.29) is 6.54 Å². The van der Waals surface area contributed by atoms with Gasteiger partial charge >= 0.3 is 0 Å². The Morgan fingerprint density at radius 1 is 1.50 bits per heavy atom. The molecule has 5 heteroatoms. The highest BCUT2D eigenvalue weighted by molar-refractivity contribution is 6.23. The Balaban J connectivity index is 3.07. The molecule has 1 aromatic rings. The molecule has 1 aromatic carbocycles. The number of nitrogens with two attached hydrogens (primary N) is 1. The predicted molar refractivity (Wildman–Crippen MR) is 72.7 cm³/mol. The van der Waals surface area contributed by atoms with Crippen LogP contribution in [0.15, 0.2) is 24.3 Å². The summed E-state index contributed by atoms with van der Waals surface area (Å²) in [6.07, 6.45) is 0. The number of hydroxylamine groups is 1. The van der Waals surface area contributed by atoms with E-state index in [4.69, 9.17) is 17.3 Å². The van der Waals surface area contributed by atoms with Gasteiger partial charge in [0.1, 0.15) is 0 Å². The predicted octanol–water partition coefficient (Wildman–Crippen LogP) is 2.52. The first-order valence-corrected chi connectivity index (χ1v) is 6.21. The number of halogens is 1. The summed E-state index contributed by atoms with van der Waals surface area (Å²) in [5.74, 6) is -0.453. The Morgan fingerprint density at radius 2 is 2.06 bits per heavy atom. The summed E-state index contributed by atoms with van der Waals surface area (Å²) in [5, 5.41) is 10.3. The molecule has 0 bridgehead atoms. The molecule has 0 radical (unpaired) electrons. The van der Waals surface area contributed by atoms with Gasteiger partial charge in [0, 0.05) is 11.9 Å². The Morgan fingerprint density at radius 3 is 2.56 bits per heavy atom. The number of para-hydroxylation sites is 1. The molecule has 0 aliphatic heterocycles. The van der Waals surface area contributed by atoms with Crippen molar-refractivity contribution in [1.82, 2.24) is 0 Å². The molecular formula is C13H19ClN2O2. The van der Waals surface area contributed by atoms with E-state index < -0.39 is 16.7 Å². The van der Waals surface area contributed by atoms with Crippen LogP contribution in [0.1, 0.15) is 26.3 Å². The van der Waals surface area contributed by atoms with Crippen molar-refractivity contribution in [3.8, 4) is 0 Å². The van der Waals surface area contributed by atoms with Gasteiger partial charge in [-0.25, -0.2) is 0 Å². The largest absolute Gasteiger partial charge is 0.326 e. The van der Waals surface area contributed by atoms with Gasteiger partial charge in [0.25, 0.3) is 5.91 Å². The van der Waals surface area contributed by atoms with Gasteiger partial charge in [0.05, 0.1) is 11.1 Å². The molecule has 0 saturated carbocycles. The first-order valence-electron chi connectivity index (χ1n) is 5.77. The Hall–Kier alpha value is -1.10. The quantitative estimate of drug-likeness (QED) is 0.502. The molecule has 3 N–H and O–H groups in total. The maximum absolute atomic E-state index is 12.2. The Bertz CT molecular complexity index is 433. The van der Waals surface area contributed by atoms with Gasteiger partial charge in [-0.2, -0.15) is 5.06 Å². The molecule has 0 heterocycles. The number of anilines is 1. The van der Waals surface area contributed by atoms with Gasteiger partial charge < -0.3 is 5.73 Å². The molecule has 0 fully saturated rings.